The minimum Gasteiger partial charge on any atom is -0.480 e. The van der Waals surface area contributed by atoms with Crippen LogP contribution in [0.3, 0.4) is 0 Å². The third kappa shape index (κ3) is 3.90. The van der Waals surface area contributed by atoms with Crippen LogP contribution in [0.25, 0.3) is 0 Å². The van der Waals surface area contributed by atoms with Crippen LogP contribution in [0.4, 0.5) is 5.69 Å². The van der Waals surface area contributed by atoms with E-state index in [4.69, 9.17) is 39.9 Å². The number of sulfonamides is 1. The van der Waals surface area contributed by atoms with Gasteiger partial charge in [0, 0.05) is 5.02 Å². The molecule has 0 unspecified atom stereocenters. The zero-order chi connectivity index (χ0) is 17.2. The Labute approximate surface area is 148 Å². The summed E-state index contributed by atoms with van der Waals surface area (Å²) in [7, 11) is -4.27. The summed E-state index contributed by atoms with van der Waals surface area (Å²) in [6.45, 7) is -0.811. The normalized spacial score (nSPS) is 11.3. The summed E-state index contributed by atoms with van der Waals surface area (Å²) in [5.41, 5.74) is 0.0348. The predicted octanol–water partition coefficient (Wildman–Crippen LogP) is 3.93. The van der Waals surface area contributed by atoms with E-state index >= 15 is 0 Å². The van der Waals surface area contributed by atoms with E-state index < -0.39 is 22.5 Å². The quantitative estimate of drug-likeness (QED) is 0.834. The molecule has 0 heterocycles. The Morgan fingerprint density at radius 1 is 1.04 bits per heavy atom. The molecule has 0 saturated heterocycles. The van der Waals surface area contributed by atoms with Gasteiger partial charge in [-0.05, 0) is 30.3 Å². The Balaban J connectivity index is 2.65. The zero-order valence-corrected chi connectivity index (χ0v) is 14.5. The van der Waals surface area contributed by atoms with Crippen LogP contribution in [0.1, 0.15) is 0 Å². The molecule has 2 aromatic rings. The topological polar surface area (TPSA) is 74.7 Å². The number of halogens is 3. The van der Waals surface area contributed by atoms with Gasteiger partial charge in [0.05, 0.1) is 15.7 Å². The van der Waals surface area contributed by atoms with E-state index in [1.54, 1.807) is 12.1 Å². The highest BCUT2D eigenvalue weighted by atomic mass is 35.5. The molecule has 2 rings (SSSR count). The molecule has 0 saturated carbocycles. The maximum absolute atomic E-state index is 12.9. The lowest BCUT2D eigenvalue weighted by molar-refractivity contribution is -0.135. The molecule has 23 heavy (non-hydrogen) atoms. The summed E-state index contributed by atoms with van der Waals surface area (Å²) in [6.07, 6.45) is 0. The molecule has 0 amide bonds. The average Bonchev–Trinajstić information content (AvgIpc) is 2.48. The predicted molar refractivity (Wildman–Crippen MR) is 90.1 cm³/mol. The van der Waals surface area contributed by atoms with Crippen LogP contribution in [-0.4, -0.2) is 26.0 Å². The van der Waals surface area contributed by atoms with E-state index in [2.05, 4.69) is 0 Å². The fraction of sp³-hybridized carbons (Fsp3) is 0.0714. The molecule has 122 valence electrons. The molecule has 0 bridgehead atoms. The molecule has 9 heteroatoms. The first-order valence-electron chi connectivity index (χ1n) is 6.17. The lowest BCUT2D eigenvalue weighted by Crippen LogP contribution is -2.36. The number of benzene rings is 2. The van der Waals surface area contributed by atoms with Gasteiger partial charge >= 0.3 is 5.97 Å². The molecule has 0 fully saturated rings. The van der Waals surface area contributed by atoms with Crippen LogP contribution >= 0.6 is 34.8 Å². The molecule has 0 aliphatic carbocycles. The third-order valence-corrected chi connectivity index (χ3v) is 5.66. The minimum atomic E-state index is -4.27. The van der Waals surface area contributed by atoms with E-state index in [-0.39, 0.29) is 25.7 Å². The van der Waals surface area contributed by atoms with E-state index in [0.717, 1.165) is 6.07 Å². The van der Waals surface area contributed by atoms with Crippen molar-refractivity contribution in [3.8, 4) is 0 Å². The van der Waals surface area contributed by atoms with E-state index in [9.17, 15) is 13.2 Å². The highest BCUT2D eigenvalue weighted by molar-refractivity contribution is 7.93. The summed E-state index contributed by atoms with van der Waals surface area (Å²) < 4.78 is 26.4. The summed E-state index contributed by atoms with van der Waals surface area (Å²) >= 11 is 17.8. The number of carboxylic acids is 1. The number of aliphatic carboxylic acids is 1. The van der Waals surface area contributed by atoms with Crippen molar-refractivity contribution in [2.45, 2.75) is 4.90 Å². The van der Waals surface area contributed by atoms with Crippen LogP contribution in [0.5, 0.6) is 0 Å². The van der Waals surface area contributed by atoms with E-state index in [1.807, 2.05) is 0 Å². The smallest absolute Gasteiger partial charge is 0.324 e. The molecule has 0 radical (unpaired) electrons. The number of rotatable bonds is 5. The van der Waals surface area contributed by atoms with Crippen LogP contribution in [-0.2, 0) is 14.8 Å². The molecule has 2 aromatic carbocycles. The number of hydrogen-bond donors (Lipinski definition) is 1. The molecule has 0 aliphatic rings. The van der Waals surface area contributed by atoms with Crippen molar-refractivity contribution in [3.05, 3.63) is 57.5 Å². The van der Waals surface area contributed by atoms with Crippen molar-refractivity contribution in [1.82, 2.24) is 0 Å². The van der Waals surface area contributed by atoms with Crippen molar-refractivity contribution in [3.63, 3.8) is 0 Å². The van der Waals surface area contributed by atoms with Gasteiger partial charge in [0.25, 0.3) is 10.0 Å². The summed E-state index contributed by atoms with van der Waals surface area (Å²) in [5.74, 6) is -1.34. The summed E-state index contributed by atoms with van der Waals surface area (Å²) in [6, 6.07) is 9.92. The van der Waals surface area contributed by atoms with Gasteiger partial charge in [0.1, 0.15) is 11.4 Å². The van der Waals surface area contributed by atoms with Gasteiger partial charge in [0.15, 0.2) is 0 Å². The fourth-order valence-corrected chi connectivity index (χ4v) is 4.33. The largest absolute Gasteiger partial charge is 0.480 e. The molecular formula is C14H10Cl3NO4S. The lowest BCUT2D eigenvalue weighted by Gasteiger charge is -2.24. The highest BCUT2D eigenvalue weighted by Crippen LogP contribution is 2.33. The second-order valence-electron chi connectivity index (χ2n) is 4.43. The van der Waals surface area contributed by atoms with Crippen molar-refractivity contribution in [2.24, 2.45) is 0 Å². The Morgan fingerprint density at radius 3 is 2.30 bits per heavy atom. The van der Waals surface area contributed by atoms with Crippen molar-refractivity contribution >= 4 is 56.5 Å². The summed E-state index contributed by atoms with van der Waals surface area (Å²) in [4.78, 5) is 10.8. The number of anilines is 1. The molecule has 1 N–H and O–H groups in total. The second kappa shape index (κ2) is 6.97. The monoisotopic (exact) mass is 393 g/mol. The molecule has 0 spiro atoms. The first-order valence-corrected chi connectivity index (χ1v) is 8.75. The van der Waals surface area contributed by atoms with Gasteiger partial charge in [-0.3, -0.25) is 9.10 Å². The van der Waals surface area contributed by atoms with Crippen molar-refractivity contribution in [1.29, 1.82) is 0 Å². The zero-order valence-electron chi connectivity index (χ0n) is 11.4. The van der Waals surface area contributed by atoms with Gasteiger partial charge in [0.2, 0.25) is 0 Å². The minimum absolute atomic E-state index is 0.0348. The number of hydrogen-bond acceptors (Lipinski definition) is 3. The van der Waals surface area contributed by atoms with Gasteiger partial charge in [-0.1, -0.05) is 46.9 Å². The maximum Gasteiger partial charge on any atom is 0.324 e. The third-order valence-electron chi connectivity index (χ3n) is 2.86. The first-order chi connectivity index (χ1) is 10.7. The fourth-order valence-electron chi connectivity index (χ4n) is 1.87. The number of carboxylic acid groups (broad SMARTS) is 1. The maximum atomic E-state index is 12.9. The van der Waals surface area contributed by atoms with E-state index in [1.165, 1.54) is 24.3 Å². The molecule has 0 atom stereocenters. The second-order valence-corrected chi connectivity index (χ2v) is 7.51. The Bertz CT molecular complexity index is 855. The molecular weight excluding hydrogens is 385 g/mol. The van der Waals surface area contributed by atoms with Crippen LogP contribution < -0.4 is 4.31 Å². The number of carbonyl (C=O) groups is 1. The number of nitrogens with zero attached hydrogens (tertiary/aromatic N) is 1. The average molecular weight is 395 g/mol. The van der Waals surface area contributed by atoms with Crippen LogP contribution in [0.15, 0.2) is 47.4 Å². The van der Waals surface area contributed by atoms with E-state index in [0.29, 0.717) is 4.31 Å². The lowest BCUT2D eigenvalue weighted by atomic mass is 10.3. The standard InChI is InChI=1S/C14H10Cl3NO4S/c15-9-5-6-11(17)13(7-9)23(21,22)18(8-14(19)20)12-4-2-1-3-10(12)16/h1-7H,8H2,(H,19,20). The molecule has 0 aromatic heterocycles. The molecule has 0 aliphatic heterocycles. The Morgan fingerprint density at radius 2 is 1.70 bits per heavy atom. The van der Waals surface area contributed by atoms with Gasteiger partial charge < -0.3 is 5.11 Å². The van der Waals surface area contributed by atoms with Gasteiger partial charge in [-0.25, -0.2) is 8.42 Å². The van der Waals surface area contributed by atoms with Crippen LogP contribution in [0, 0.1) is 0 Å². The van der Waals surface area contributed by atoms with Crippen molar-refractivity contribution in [2.75, 3.05) is 10.8 Å². The Hall–Kier alpha value is -1.47. The highest BCUT2D eigenvalue weighted by Gasteiger charge is 2.30. The first kappa shape index (κ1) is 17.9. The van der Waals surface area contributed by atoms with Crippen LogP contribution in [0.2, 0.25) is 15.1 Å². The van der Waals surface area contributed by atoms with Gasteiger partial charge in [-0.2, -0.15) is 0 Å². The number of para-hydroxylation sites is 1. The SMILES string of the molecule is O=C(O)CN(c1ccccc1Cl)S(=O)(=O)c1cc(Cl)ccc1Cl. The molecule has 5 nitrogen and oxygen atoms in total. The Kier molecular flexibility index (Phi) is 5.41. The van der Waals surface area contributed by atoms with Gasteiger partial charge in [-0.15, -0.1) is 0 Å². The van der Waals surface area contributed by atoms with Crippen molar-refractivity contribution < 1.29 is 18.3 Å². The summed E-state index contributed by atoms with van der Waals surface area (Å²) in [5, 5.41) is 9.24.